The van der Waals surface area contributed by atoms with E-state index >= 15 is 0 Å². The van der Waals surface area contributed by atoms with Crippen LogP contribution in [0.15, 0.2) is 42.5 Å². The summed E-state index contributed by atoms with van der Waals surface area (Å²) in [7, 11) is 1.53. The second-order valence-corrected chi connectivity index (χ2v) is 4.83. The van der Waals surface area contributed by atoms with Crippen molar-refractivity contribution in [1.82, 2.24) is 0 Å². The van der Waals surface area contributed by atoms with Crippen molar-refractivity contribution in [2.24, 2.45) is 0 Å². The molecule has 0 spiro atoms. The molecule has 1 aliphatic heterocycles. The average Bonchev–Trinajstić information content (AvgIpc) is 2.72. The smallest absolute Gasteiger partial charge is 0.00800 e. The van der Waals surface area contributed by atoms with E-state index in [0.717, 1.165) is 0 Å². The SMILES string of the molecule is C1=CC(CCCc2ccccc2)=PC1. The van der Waals surface area contributed by atoms with E-state index in [9.17, 15) is 0 Å². The van der Waals surface area contributed by atoms with Crippen LogP contribution < -0.4 is 0 Å². The first-order valence-corrected chi connectivity index (χ1v) is 6.27. The lowest BCUT2D eigenvalue weighted by Crippen LogP contribution is -1.91. The van der Waals surface area contributed by atoms with E-state index in [1.54, 1.807) is 5.29 Å². The van der Waals surface area contributed by atoms with E-state index in [1.165, 1.54) is 39.2 Å². The van der Waals surface area contributed by atoms with Crippen molar-refractivity contribution in [1.29, 1.82) is 0 Å². The van der Waals surface area contributed by atoms with E-state index in [0.29, 0.717) is 0 Å². The Hall–Kier alpha value is -0.870. The summed E-state index contributed by atoms with van der Waals surface area (Å²) in [5.41, 5.74) is 1.46. The van der Waals surface area contributed by atoms with Crippen molar-refractivity contribution in [2.45, 2.75) is 19.3 Å². The Morgan fingerprint density at radius 3 is 2.64 bits per heavy atom. The van der Waals surface area contributed by atoms with E-state index in [-0.39, 0.29) is 0 Å². The van der Waals surface area contributed by atoms with Crippen LogP contribution in [0.25, 0.3) is 0 Å². The number of rotatable bonds is 4. The van der Waals surface area contributed by atoms with Crippen LogP contribution in [-0.2, 0) is 6.42 Å². The highest BCUT2D eigenvalue weighted by atomic mass is 31.1. The van der Waals surface area contributed by atoms with Crippen molar-refractivity contribution < 1.29 is 0 Å². The quantitative estimate of drug-likeness (QED) is 0.653. The molecule has 1 heteroatoms. The normalized spacial score (nSPS) is 15.6. The minimum Gasteiger partial charge on any atom is -0.0968 e. The number of allylic oxidation sites excluding steroid dienone is 2. The molecule has 14 heavy (non-hydrogen) atoms. The van der Waals surface area contributed by atoms with Crippen LogP contribution >= 0.6 is 8.20 Å². The van der Waals surface area contributed by atoms with Gasteiger partial charge in [-0.25, -0.2) is 0 Å². The maximum atomic E-state index is 2.30. The Kier molecular flexibility index (Phi) is 3.54. The molecule has 0 aromatic heterocycles. The maximum absolute atomic E-state index is 2.30. The van der Waals surface area contributed by atoms with Gasteiger partial charge < -0.3 is 0 Å². The molecule has 0 bridgehead atoms. The van der Waals surface area contributed by atoms with Gasteiger partial charge in [-0.3, -0.25) is 0 Å². The topological polar surface area (TPSA) is 0 Å². The molecule has 0 fully saturated rings. The van der Waals surface area contributed by atoms with Crippen molar-refractivity contribution >= 4 is 13.5 Å². The number of hydrogen-bond acceptors (Lipinski definition) is 0. The minimum absolute atomic E-state index is 1.22. The van der Waals surface area contributed by atoms with E-state index < -0.39 is 0 Å². The molecule has 0 aliphatic carbocycles. The summed E-state index contributed by atoms with van der Waals surface area (Å²) in [6.07, 6.45) is 9.59. The predicted octanol–water partition coefficient (Wildman–Crippen LogP) is 3.70. The molecule has 72 valence electrons. The molecule has 1 aromatic carbocycles. The van der Waals surface area contributed by atoms with Gasteiger partial charge in [0.2, 0.25) is 0 Å². The summed E-state index contributed by atoms with van der Waals surface area (Å²) >= 11 is 0. The highest BCUT2D eigenvalue weighted by molar-refractivity contribution is 7.42. The summed E-state index contributed by atoms with van der Waals surface area (Å²) in [5.74, 6) is 0. The van der Waals surface area contributed by atoms with Crippen LogP contribution in [0, 0.1) is 0 Å². The van der Waals surface area contributed by atoms with E-state index in [4.69, 9.17) is 0 Å². The van der Waals surface area contributed by atoms with Crippen LogP contribution in [0.4, 0.5) is 0 Å². The molecular weight excluding hydrogens is 187 g/mol. The van der Waals surface area contributed by atoms with Crippen LogP contribution in [0.5, 0.6) is 0 Å². The molecule has 0 nitrogen and oxygen atoms in total. The van der Waals surface area contributed by atoms with Crippen LogP contribution in [0.1, 0.15) is 18.4 Å². The monoisotopic (exact) mass is 202 g/mol. The highest BCUT2D eigenvalue weighted by Crippen LogP contribution is 2.15. The molecule has 0 radical (unpaired) electrons. The Balaban J connectivity index is 1.76. The first kappa shape index (κ1) is 9.68. The van der Waals surface area contributed by atoms with Gasteiger partial charge >= 0.3 is 0 Å². The van der Waals surface area contributed by atoms with Gasteiger partial charge in [-0.05, 0) is 30.1 Å². The Morgan fingerprint density at radius 1 is 1.07 bits per heavy atom. The zero-order chi connectivity index (χ0) is 9.64. The predicted molar refractivity (Wildman–Crippen MR) is 65.3 cm³/mol. The van der Waals surface area contributed by atoms with Crippen LogP contribution in [0.3, 0.4) is 0 Å². The van der Waals surface area contributed by atoms with Gasteiger partial charge in [0.1, 0.15) is 0 Å². The molecule has 0 amide bonds. The zero-order valence-corrected chi connectivity index (χ0v) is 9.21. The lowest BCUT2D eigenvalue weighted by molar-refractivity contribution is 0.873. The molecular formula is C13H15P. The Labute approximate surface area is 87.5 Å². The summed E-state index contributed by atoms with van der Waals surface area (Å²) in [4.78, 5) is 0. The average molecular weight is 202 g/mol. The molecule has 0 saturated carbocycles. The molecule has 0 atom stereocenters. The molecule has 1 heterocycles. The van der Waals surface area contributed by atoms with Gasteiger partial charge in [-0.2, -0.15) is 0 Å². The van der Waals surface area contributed by atoms with Gasteiger partial charge in [-0.15, -0.1) is 0 Å². The van der Waals surface area contributed by atoms with Gasteiger partial charge in [0, 0.05) is 6.16 Å². The molecule has 2 rings (SSSR count). The fourth-order valence-corrected chi connectivity index (χ4v) is 2.66. The van der Waals surface area contributed by atoms with Crippen LogP contribution in [0.2, 0.25) is 0 Å². The summed E-state index contributed by atoms with van der Waals surface area (Å²) in [6, 6.07) is 10.8. The van der Waals surface area contributed by atoms with Gasteiger partial charge in [0.15, 0.2) is 0 Å². The van der Waals surface area contributed by atoms with Crippen molar-refractivity contribution in [3.05, 3.63) is 48.0 Å². The van der Waals surface area contributed by atoms with Crippen LogP contribution in [-0.4, -0.2) is 11.5 Å². The third-order valence-electron chi connectivity index (χ3n) is 2.45. The third kappa shape index (κ3) is 2.82. The van der Waals surface area contributed by atoms with Gasteiger partial charge in [-0.1, -0.05) is 50.7 Å². The molecule has 1 aromatic rings. The zero-order valence-electron chi connectivity index (χ0n) is 8.32. The molecule has 1 aliphatic rings. The van der Waals surface area contributed by atoms with Crippen molar-refractivity contribution in [2.75, 3.05) is 6.16 Å². The fraction of sp³-hybridized carbons (Fsp3) is 0.308. The largest absolute Gasteiger partial charge is 0.0968 e. The summed E-state index contributed by atoms with van der Waals surface area (Å²) in [5, 5.41) is 1.61. The molecule has 0 N–H and O–H groups in total. The summed E-state index contributed by atoms with van der Waals surface area (Å²) < 4.78 is 0. The van der Waals surface area contributed by atoms with E-state index in [2.05, 4.69) is 42.5 Å². The second-order valence-electron chi connectivity index (χ2n) is 3.57. The van der Waals surface area contributed by atoms with Crippen molar-refractivity contribution in [3.63, 3.8) is 0 Å². The third-order valence-corrected chi connectivity index (χ3v) is 3.62. The number of aryl methyl sites for hydroxylation is 1. The summed E-state index contributed by atoms with van der Waals surface area (Å²) in [6.45, 7) is 0. The number of hydrogen-bond donors (Lipinski definition) is 0. The Bertz CT molecular complexity index is 336. The highest BCUT2D eigenvalue weighted by Gasteiger charge is 1.98. The molecule has 0 saturated heterocycles. The maximum Gasteiger partial charge on any atom is 0.00800 e. The van der Waals surface area contributed by atoms with Crippen molar-refractivity contribution in [3.8, 4) is 0 Å². The minimum atomic E-state index is 1.22. The lowest BCUT2D eigenvalue weighted by atomic mass is 10.1. The number of benzene rings is 1. The fourth-order valence-electron chi connectivity index (χ4n) is 1.69. The molecule has 0 unspecified atom stereocenters. The first-order valence-electron chi connectivity index (χ1n) is 5.19. The van der Waals surface area contributed by atoms with Gasteiger partial charge in [0.05, 0.1) is 0 Å². The van der Waals surface area contributed by atoms with Gasteiger partial charge in [0.25, 0.3) is 0 Å². The van der Waals surface area contributed by atoms with E-state index in [1.807, 2.05) is 0 Å². The standard InChI is InChI=1S/C13H15P/c1-2-6-12(7-3-1)8-4-9-13-10-5-11-14-13/h1-3,5-7,10H,4,8-9,11H2. The first-order chi connectivity index (χ1) is 6.95. The second kappa shape index (κ2) is 5.12. The lowest BCUT2D eigenvalue weighted by Gasteiger charge is -2.00. The Morgan fingerprint density at radius 2 is 1.93 bits per heavy atom.